The van der Waals surface area contributed by atoms with Crippen LogP contribution in [0.1, 0.15) is 19.8 Å². The second kappa shape index (κ2) is 5.92. The van der Waals surface area contributed by atoms with Crippen molar-refractivity contribution in [3.8, 4) is 0 Å². The van der Waals surface area contributed by atoms with E-state index in [0.29, 0.717) is 0 Å². The van der Waals surface area contributed by atoms with Gasteiger partial charge in [-0.3, -0.25) is 4.68 Å². The van der Waals surface area contributed by atoms with Crippen LogP contribution in [0.4, 0.5) is 5.69 Å². The summed E-state index contributed by atoms with van der Waals surface area (Å²) in [4.78, 5) is 0. The number of hydrogen-bond acceptors (Lipinski definition) is 5. The molecule has 0 amide bonds. The minimum absolute atomic E-state index is 0.115. The van der Waals surface area contributed by atoms with Crippen LogP contribution in [0, 0.1) is 0 Å². The summed E-state index contributed by atoms with van der Waals surface area (Å²) in [5.74, 6) is 0.115. The van der Waals surface area contributed by atoms with Gasteiger partial charge in [0, 0.05) is 25.1 Å². The van der Waals surface area contributed by atoms with Crippen LogP contribution in [0.5, 0.6) is 0 Å². The molecule has 0 aliphatic carbocycles. The highest BCUT2D eigenvalue weighted by Crippen LogP contribution is 2.15. The van der Waals surface area contributed by atoms with E-state index in [1.54, 1.807) is 6.20 Å². The van der Waals surface area contributed by atoms with Crippen molar-refractivity contribution >= 4 is 15.5 Å². The second-order valence-electron chi connectivity index (χ2n) is 5.22. The maximum atomic E-state index is 11.2. The zero-order chi connectivity index (χ0) is 13.9. The molecule has 2 atom stereocenters. The largest absolute Gasteiger partial charge is 0.379 e. The second-order valence-corrected chi connectivity index (χ2v) is 7.41. The molecule has 1 fully saturated rings. The van der Waals surface area contributed by atoms with Crippen molar-refractivity contribution in [2.24, 2.45) is 0 Å². The Morgan fingerprint density at radius 3 is 3.05 bits per heavy atom. The smallest absolute Gasteiger partial charge is 0.149 e. The third-order valence-corrected chi connectivity index (χ3v) is 4.12. The van der Waals surface area contributed by atoms with Crippen LogP contribution in [0.2, 0.25) is 0 Å². The molecule has 6 nitrogen and oxygen atoms in total. The van der Waals surface area contributed by atoms with Gasteiger partial charge in [0.1, 0.15) is 9.84 Å². The Hall–Kier alpha value is -1.08. The van der Waals surface area contributed by atoms with Crippen molar-refractivity contribution < 1.29 is 13.2 Å². The molecule has 2 heterocycles. The van der Waals surface area contributed by atoms with Gasteiger partial charge in [-0.1, -0.05) is 0 Å². The van der Waals surface area contributed by atoms with Gasteiger partial charge in [0.05, 0.1) is 30.3 Å². The van der Waals surface area contributed by atoms with Crippen molar-refractivity contribution in [2.45, 2.75) is 38.5 Å². The number of hydrogen-bond donors (Lipinski definition) is 1. The number of nitrogens with one attached hydrogen (secondary N) is 1. The molecule has 108 valence electrons. The van der Waals surface area contributed by atoms with E-state index < -0.39 is 9.84 Å². The molecular formula is C12H21N3O3S. The van der Waals surface area contributed by atoms with Gasteiger partial charge in [0.25, 0.3) is 0 Å². The number of rotatable bonds is 6. The van der Waals surface area contributed by atoms with Gasteiger partial charge in [-0.25, -0.2) is 8.42 Å². The predicted octanol–water partition coefficient (Wildman–Crippen LogP) is 0.907. The number of ether oxygens (including phenoxy) is 1. The molecule has 7 heteroatoms. The fourth-order valence-corrected chi connectivity index (χ4v) is 3.31. The lowest BCUT2D eigenvalue weighted by Crippen LogP contribution is -2.24. The topological polar surface area (TPSA) is 73.2 Å². The Morgan fingerprint density at radius 2 is 2.42 bits per heavy atom. The van der Waals surface area contributed by atoms with Crippen LogP contribution < -0.4 is 5.32 Å². The highest BCUT2D eigenvalue weighted by molar-refractivity contribution is 7.90. The van der Waals surface area contributed by atoms with E-state index in [1.165, 1.54) is 6.26 Å². The molecule has 0 aromatic carbocycles. The molecule has 1 saturated heterocycles. The van der Waals surface area contributed by atoms with Gasteiger partial charge < -0.3 is 10.1 Å². The first kappa shape index (κ1) is 14.3. The maximum Gasteiger partial charge on any atom is 0.149 e. The lowest BCUT2D eigenvalue weighted by atomic mass is 10.2. The lowest BCUT2D eigenvalue weighted by molar-refractivity contribution is 0.0940. The van der Waals surface area contributed by atoms with Crippen molar-refractivity contribution in [2.75, 3.05) is 23.9 Å². The summed E-state index contributed by atoms with van der Waals surface area (Å²) >= 11 is 0. The number of aromatic nitrogens is 2. The predicted molar refractivity (Wildman–Crippen MR) is 74.0 cm³/mol. The van der Waals surface area contributed by atoms with Crippen molar-refractivity contribution in [3.05, 3.63) is 12.4 Å². The Balaban J connectivity index is 1.86. The Labute approximate surface area is 114 Å². The van der Waals surface area contributed by atoms with Gasteiger partial charge in [0.15, 0.2) is 0 Å². The molecule has 0 bridgehead atoms. The van der Waals surface area contributed by atoms with Gasteiger partial charge in [0.2, 0.25) is 0 Å². The molecule has 1 aliphatic rings. The molecule has 0 saturated carbocycles. The van der Waals surface area contributed by atoms with Crippen LogP contribution in [-0.2, 0) is 21.1 Å². The molecule has 0 radical (unpaired) electrons. The third kappa shape index (κ3) is 4.83. The van der Waals surface area contributed by atoms with Gasteiger partial charge in [-0.2, -0.15) is 5.10 Å². The van der Waals surface area contributed by atoms with E-state index >= 15 is 0 Å². The summed E-state index contributed by atoms with van der Waals surface area (Å²) in [6.45, 7) is 3.43. The van der Waals surface area contributed by atoms with E-state index in [1.807, 2.05) is 17.8 Å². The molecule has 19 heavy (non-hydrogen) atoms. The van der Waals surface area contributed by atoms with Crippen LogP contribution >= 0.6 is 0 Å². The summed E-state index contributed by atoms with van der Waals surface area (Å²) in [6.07, 6.45) is 7.29. The average Bonchev–Trinajstić information content (AvgIpc) is 2.88. The summed E-state index contributed by atoms with van der Waals surface area (Å²) in [6, 6.07) is -0.129. The van der Waals surface area contributed by atoms with E-state index in [0.717, 1.165) is 31.7 Å². The number of nitrogens with zero attached hydrogens (tertiary/aromatic N) is 2. The van der Waals surface area contributed by atoms with Gasteiger partial charge in [-0.15, -0.1) is 0 Å². The Bertz CT molecular complexity index is 506. The van der Waals surface area contributed by atoms with Crippen LogP contribution in [-0.4, -0.2) is 49.0 Å². The van der Waals surface area contributed by atoms with Gasteiger partial charge in [-0.05, 0) is 19.8 Å². The first-order chi connectivity index (χ1) is 8.92. The molecule has 2 unspecified atom stereocenters. The quantitative estimate of drug-likeness (QED) is 0.842. The Morgan fingerprint density at radius 1 is 1.63 bits per heavy atom. The maximum absolute atomic E-state index is 11.2. The molecular weight excluding hydrogens is 266 g/mol. The van der Waals surface area contributed by atoms with E-state index in [4.69, 9.17) is 4.74 Å². The number of anilines is 1. The molecule has 1 aromatic rings. The minimum Gasteiger partial charge on any atom is -0.379 e. The van der Waals surface area contributed by atoms with Crippen LogP contribution in [0.15, 0.2) is 12.4 Å². The monoisotopic (exact) mass is 287 g/mol. The van der Waals surface area contributed by atoms with Crippen LogP contribution in [0.3, 0.4) is 0 Å². The first-order valence-electron chi connectivity index (χ1n) is 6.51. The number of sulfone groups is 1. The first-order valence-corrected chi connectivity index (χ1v) is 8.57. The Kier molecular flexibility index (Phi) is 4.46. The van der Waals surface area contributed by atoms with E-state index in [2.05, 4.69) is 10.4 Å². The average molecular weight is 287 g/mol. The fraction of sp³-hybridized carbons (Fsp3) is 0.750. The summed E-state index contributed by atoms with van der Waals surface area (Å²) in [5, 5.41) is 7.39. The fourth-order valence-electron chi connectivity index (χ4n) is 2.32. The van der Waals surface area contributed by atoms with Crippen molar-refractivity contribution in [3.63, 3.8) is 0 Å². The molecule has 0 spiro atoms. The van der Waals surface area contributed by atoms with Crippen LogP contribution in [0.25, 0.3) is 0 Å². The SMILES string of the molecule is CC(CS(C)(=O)=O)Nc1cnn(CC2CCCO2)c1. The third-order valence-electron chi connectivity index (χ3n) is 3.01. The summed E-state index contributed by atoms with van der Waals surface area (Å²) in [5.41, 5.74) is 0.842. The normalized spacial score (nSPS) is 21.5. The minimum atomic E-state index is -2.97. The molecule has 2 rings (SSSR count). The zero-order valence-electron chi connectivity index (χ0n) is 11.4. The molecule has 1 N–H and O–H groups in total. The molecule has 1 aliphatic heterocycles. The van der Waals surface area contributed by atoms with Gasteiger partial charge >= 0.3 is 0 Å². The highest BCUT2D eigenvalue weighted by Gasteiger charge is 2.17. The van der Waals surface area contributed by atoms with E-state index in [-0.39, 0.29) is 17.9 Å². The van der Waals surface area contributed by atoms with Crippen molar-refractivity contribution in [1.82, 2.24) is 9.78 Å². The zero-order valence-corrected chi connectivity index (χ0v) is 12.2. The molecule has 1 aromatic heterocycles. The summed E-state index contributed by atoms with van der Waals surface area (Å²) in [7, 11) is -2.97. The standard InChI is InChI=1S/C12H21N3O3S/c1-10(9-19(2,16)17)14-11-6-13-15(7-11)8-12-4-3-5-18-12/h6-7,10,12,14H,3-5,8-9H2,1-2H3. The highest BCUT2D eigenvalue weighted by atomic mass is 32.2. The lowest BCUT2D eigenvalue weighted by Gasteiger charge is -2.12. The van der Waals surface area contributed by atoms with E-state index in [9.17, 15) is 8.42 Å². The van der Waals surface area contributed by atoms with Crippen molar-refractivity contribution in [1.29, 1.82) is 0 Å². The summed E-state index contributed by atoms with van der Waals surface area (Å²) < 4.78 is 29.8.